The molecule has 0 radical (unpaired) electrons. The van der Waals surface area contributed by atoms with Crippen molar-refractivity contribution in [1.29, 1.82) is 0 Å². The Morgan fingerprint density at radius 2 is 2.00 bits per heavy atom. The van der Waals surface area contributed by atoms with E-state index in [1.807, 2.05) is 30.3 Å². The molecule has 1 rings (SSSR count). The van der Waals surface area contributed by atoms with E-state index in [4.69, 9.17) is 11.5 Å². The van der Waals surface area contributed by atoms with Crippen LogP contribution < -0.4 is 5.32 Å². The molecule has 2 N–H and O–H groups in total. The smallest absolute Gasteiger partial charge is 0.326 e. The lowest BCUT2D eigenvalue weighted by Crippen LogP contribution is -2.41. The van der Waals surface area contributed by atoms with Gasteiger partial charge in [-0.3, -0.25) is 4.79 Å². The van der Waals surface area contributed by atoms with Gasteiger partial charge in [-0.25, -0.2) is 4.79 Å². The van der Waals surface area contributed by atoms with Gasteiger partial charge in [-0.15, -0.1) is 12.3 Å². The molecule has 1 aromatic rings. The average molecular weight is 259 g/mol. The van der Waals surface area contributed by atoms with Crippen LogP contribution >= 0.6 is 0 Å². The number of terminal acetylenes is 1. The van der Waals surface area contributed by atoms with Crippen LogP contribution in [0.3, 0.4) is 0 Å². The number of aliphatic carboxylic acids is 1. The van der Waals surface area contributed by atoms with Crippen LogP contribution in [0, 0.1) is 12.3 Å². The van der Waals surface area contributed by atoms with Gasteiger partial charge in [-0.05, 0) is 18.4 Å². The van der Waals surface area contributed by atoms with Gasteiger partial charge in [-0.1, -0.05) is 30.3 Å². The number of amides is 1. The van der Waals surface area contributed by atoms with Gasteiger partial charge in [-0.2, -0.15) is 0 Å². The van der Waals surface area contributed by atoms with Crippen LogP contribution in [0.25, 0.3) is 0 Å². The molecule has 0 bridgehead atoms. The summed E-state index contributed by atoms with van der Waals surface area (Å²) in [5.41, 5.74) is 1.05. The second-order valence-electron chi connectivity index (χ2n) is 4.19. The van der Waals surface area contributed by atoms with Gasteiger partial charge >= 0.3 is 5.97 Å². The average Bonchev–Trinajstić information content (AvgIpc) is 2.42. The number of benzene rings is 1. The van der Waals surface area contributed by atoms with Crippen LogP contribution in [0.1, 0.15) is 24.8 Å². The van der Waals surface area contributed by atoms with Gasteiger partial charge in [0.05, 0.1) is 0 Å². The van der Waals surface area contributed by atoms with Gasteiger partial charge in [0.1, 0.15) is 6.04 Å². The van der Waals surface area contributed by atoms with Crippen LogP contribution in [-0.2, 0) is 16.0 Å². The Bertz CT molecular complexity index is 462. The van der Waals surface area contributed by atoms with E-state index in [2.05, 4.69) is 11.2 Å². The molecule has 0 aliphatic heterocycles. The summed E-state index contributed by atoms with van der Waals surface area (Å²) < 4.78 is 0. The van der Waals surface area contributed by atoms with Crippen LogP contribution in [0.2, 0.25) is 0 Å². The monoisotopic (exact) mass is 259 g/mol. The maximum atomic E-state index is 11.5. The molecule has 0 fully saturated rings. The molecule has 0 aromatic heterocycles. The highest BCUT2D eigenvalue weighted by Crippen LogP contribution is 2.05. The molecule has 0 saturated heterocycles. The molecule has 0 heterocycles. The first-order chi connectivity index (χ1) is 9.13. The number of hydrogen-bond donors (Lipinski definition) is 2. The minimum atomic E-state index is -1.02. The van der Waals surface area contributed by atoms with Crippen molar-refractivity contribution in [2.24, 2.45) is 0 Å². The Balaban J connectivity index is 2.47. The van der Waals surface area contributed by atoms with Crippen molar-refractivity contribution in [3.63, 3.8) is 0 Å². The zero-order chi connectivity index (χ0) is 14.1. The van der Waals surface area contributed by atoms with E-state index in [9.17, 15) is 9.59 Å². The fraction of sp³-hybridized carbons (Fsp3) is 0.333. The quantitative estimate of drug-likeness (QED) is 0.731. The minimum Gasteiger partial charge on any atom is -0.480 e. The minimum absolute atomic E-state index is 0.158. The molecule has 4 nitrogen and oxygen atoms in total. The lowest BCUT2D eigenvalue weighted by molar-refractivity contribution is -0.142. The van der Waals surface area contributed by atoms with Crippen molar-refractivity contribution < 1.29 is 14.7 Å². The SMILES string of the molecule is C#CCCC(=O)N[C@@H](CCc1ccccc1)C(=O)O. The lowest BCUT2D eigenvalue weighted by atomic mass is 10.1. The Kier molecular flexibility index (Phi) is 6.17. The number of hydrogen-bond acceptors (Lipinski definition) is 2. The molecule has 0 aliphatic rings. The standard InChI is InChI=1S/C15H17NO3/c1-2-3-9-14(17)16-13(15(18)19)11-10-12-7-5-4-6-8-12/h1,4-8,13H,3,9-11H2,(H,16,17)(H,18,19)/t13-/m0/s1. The summed E-state index contributed by atoms with van der Waals surface area (Å²) in [6.07, 6.45) is 6.50. The van der Waals surface area contributed by atoms with Crippen LogP contribution in [-0.4, -0.2) is 23.0 Å². The Labute approximate surface area is 112 Å². The third-order valence-corrected chi connectivity index (χ3v) is 2.69. The number of carbonyl (C=O) groups is 2. The van der Waals surface area contributed by atoms with Crippen LogP contribution in [0.5, 0.6) is 0 Å². The Hall–Kier alpha value is -2.28. The zero-order valence-corrected chi connectivity index (χ0v) is 10.6. The molecule has 0 saturated carbocycles. The second-order valence-corrected chi connectivity index (χ2v) is 4.19. The molecule has 0 unspecified atom stereocenters. The van der Waals surface area contributed by atoms with E-state index in [0.717, 1.165) is 5.56 Å². The van der Waals surface area contributed by atoms with Crippen molar-refractivity contribution in [2.45, 2.75) is 31.7 Å². The maximum absolute atomic E-state index is 11.5. The Morgan fingerprint density at radius 1 is 1.32 bits per heavy atom. The summed E-state index contributed by atoms with van der Waals surface area (Å²) in [5, 5.41) is 11.6. The van der Waals surface area contributed by atoms with Gasteiger partial charge in [0.15, 0.2) is 0 Å². The number of carboxylic acid groups (broad SMARTS) is 1. The van der Waals surface area contributed by atoms with Crippen molar-refractivity contribution in [2.75, 3.05) is 0 Å². The first-order valence-electron chi connectivity index (χ1n) is 6.13. The number of carbonyl (C=O) groups excluding carboxylic acids is 1. The van der Waals surface area contributed by atoms with E-state index in [-0.39, 0.29) is 12.3 Å². The molecule has 1 atom stereocenters. The first kappa shape index (κ1) is 14.8. The normalized spacial score (nSPS) is 11.3. The highest BCUT2D eigenvalue weighted by atomic mass is 16.4. The zero-order valence-electron chi connectivity index (χ0n) is 10.6. The van der Waals surface area contributed by atoms with E-state index in [0.29, 0.717) is 19.3 Å². The highest BCUT2D eigenvalue weighted by Gasteiger charge is 2.19. The highest BCUT2D eigenvalue weighted by molar-refractivity contribution is 5.83. The molecule has 19 heavy (non-hydrogen) atoms. The lowest BCUT2D eigenvalue weighted by Gasteiger charge is -2.14. The van der Waals surface area contributed by atoms with Crippen molar-refractivity contribution >= 4 is 11.9 Å². The first-order valence-corrected chi connectivity index (χ1v) is 6.13. The second kappa shape index (κ2) is 7.93. The number of nitrogens with one attached hydrogen (secondary N) is 1. The summed E-state index contributed by atoms with van der Waals surface area (Å²) in [6, 6.07) is 8.69. The number of carboxylic acids is 1. The molecule has 100 valence electrons. The molecule has 1 aromatic carbocycles. The third kappa shape index (κ3) is 5.73. The van der Waals surface area contributed by atoms with Gasteiger partial charge in [0, 0.05) is 12.8 Å². The van der Waals surface area contributed by atoms with E-state index >= 15 is 0 Å². The predicted octanol–water partition coefficient (Wildman–Crippen LogP) is 1.60. The summed E-state index contributed by atoms with van der Waals surface area (Å²) in [6.45, 7) is 0. The molecule has 0 aliphatic carbocycles. The van der Waals surface area contributed by atoms with Crippen LogP contribution in [0.4, 0.5) is 0 Å². The predicted molar refractivity (Wildman–Crippen MR) is 72.4 cm³/mol. The molecular formula is C15H17NO3. The summed E-state index contributed by atoms with van der Waals surface area (Å²) in [4.78, 5) is 22.5. The largest absolute Gasteiger partial charge is 0.480 e. The fourth-order valence-corrected chi connectivity index (χ4v) is 1.67. The van der Waals surface area contributed by atoms with E-state index in [1.165, 1.54) is 0 Å². The van der Waals surface area contributed by atoms with Crippen LogP contribution in [0.15, 0.2) is 30.3 Å². The molecule has 1 amide bonds. The fourth-order valence-electron chi connectivity index (χ4n) is 1.67. The number of aryl methyl sites for hydroxylation is 1. The van der Waals surface area contributed by atoms with Crippen molar-refractivity contribution in [3.8, 4) is 12.3 Å². The van der Waals surface area contributed by atoms with Crippen molar-refractivity contribution in [1.82, 2.24) is 5.32 Å². The topological polar surface area (TPSA) is 66.4 Å². The summed E-state index contributed by atoms with van der Waals surface area (Å²) >= 11 is 0. The molecule has 0 spiro atoms. The summed E-state index contributed by atoms with van der Waals surface area (Å²) in [7, 11) is 0. The molecular weight excluding hydrogens is 242 g/mol. The van der Waals surface area contributed by atoms with Crippen molar-refractivity contribution in [3.05, 3.63) is 35.9 Å². The van der Waals surface area contributed by atoms with E-state index < -0.39 is 12.0 Å². The third-order valence-electron chi connectivity index (χ3n) is 2.69. The summed E-state index contributed by atoms with van der Waals surface area (Å²) in [5.74, 6) is 1.01. The maximum Gasteiger partial charge on any atom is 0.326 e. The number of rotatable bonds is 7. The Morgan fingerprint density at radius 3 is 2.58 bits per heavy atom. The van der Waals surface area contributed by atoms with E-state index in [1.54, 1.807) is 0 Å². The molecule has 4 heteroatoms. The van der Waals surface area contributed by atoms with Gasteiger partial charge in [0.2, 0.25) is 5.91 Å². The van der Waals surface area contributed by atoms with Gasteiger partial charge < -0.3 is 10.4 Å². The van der Waals surface area contributed by atoms with Gasteiger partial charge in [0.25, 0.3) is 0 Å².